The molecule has 0 bridgehead atoms. The highest BCUT2D eigenvalue weighted by Crippen LogP contribution is 2.37. The van der Waals surface area contributed by atoms with Gasteiger partial charge in [0.1, 0.15) is 42.2 Å². The molecule has 0 saturated carbocycles. The molecule has 1 saturated heterocycles. The van der Waals surface area contributed by atoms with Gasteiger partial charge in [0.15, 0.2) is 17.1 Å². The van der Waals surface area contributed by atoms with Gasteiger partial charge in [-0.25, -0.2) is 9.59 Å². The third-order valence-electron chi connectivity index (χ3n) is 8.16. The minimum absolute atomic E-state index is 0.0381. The van der Waals surface area contributed by atoms with Gasteiger partial charge in [-0.1, -0.05) is 12.1 Å². The molecule has 2 aromatic carbocycles. The number of hydrogen-bond acceptors (Lipinski definition) is 15. The maximum absolute atomic E-state index is 13.3. The lowest BCUT2D eigenvalue weighted by molar-refractivity contribution is -0.361. The number of carboxylic acid groups (broad SMARTS) is 1. The number of carbonyl (C=O) groups excluding carboxylic acids is 1. The third kappa shape index (κ3) is 6.15. The zero-order valence-electron chi connectivity index (χ0n) is 25.3. The second-order valence-electron chi connectivity index (χ2n) is 11.2. The Hall–Kier alpha value is -5.10. The summed E-state index contributed by atoms with van der Waals surface area (Å²) in [7, 11) is 1.24. The Balaban J connectivity index is 1.30. The average Bonchev–Trinajstić information content (AvgIpc) is 3.67. The fourth-order valence-electron chi connectivity index (χ4n) is 5.52. The number of rotatable bonds is 11. The number of benzene rings is 2. The first-order valence-corrected chi connectivity index (χ1v) is 14.7. The van der Waals surface area contributed by atoms with Crippen molar-refractivity contribution in [2.75, 3.05) is 26.8 Å². The summed E-state index contributed by atoms with van der Waals surface area (Å²) in [5, 5.41) is 55.9. The Morgan fingerprint density at radius 1 is 1.21 bits per heavy atom. The van der Waals surface area contributed by atoms with E-state index in [0.717, 1.165) is 5.57 Å². The lowest BCUT2D eigenvalue weighted by Crippen LogP contribution is -2.71. The topological polar surface area (TPSA) is 230 Å². The quantitative estimate of drug-likeness (QED) is 0.117. The van der Waals surface area contributed by atoms with Crippen LogP contribution >= 0.6 is 0 Å². The number of aliphatic imine (C=N–C) groups is 1. The molecule has 6 atom stereocenters. The summed E-state index contributed by atoms with van der Waals surface area (Å²) in [4.78, 5) is 47.3. The number of aliphatic carboxylic acids is 1. The molecule has 6 N–H and O–H groups in total. The fraction of sp³-hybridized carbons (Fsp3) is 0.312. The number of aromatic hydroxyl groups is 1. The number of phenols is 1. The van der Waals surface area contributed by atoms with E-state index >= 15 is 0 Å². The molecule has 252 valence electrons. The Morgan fingerprint density at radius 3 is 2.67 bits per heavy atom. The SMILES string of the molecule is CN[C@H](C(=O)O)C(=O)OC[C@@H]1O[C@H](Oc2ccc3c(=O)c(-c4ccc(O)cc4)coc3c2)[C@@H](ON2C=C3N=CC=C3C2)[C@@](O)(CO)[C@H]1O. The number of likely N-dealkylation sites (N-methyl/N-ethyl adjacent to an activating group) is 1. The summed E-state index contributed by atoms with van der Waals surface area (Å²) in [5.74, 6) is -2.59. The molecule has 6 rings (SSSR count). The van der Waals surface area contributed by atoms with Crippen molar-refractivity contribution in [3.63, 3.8) is 0 Å². The molecular formula is C32H31N3O13. The van der Waals surface area contributed by atoms with Gasteiger partial charge in [0.25, 0.3) is 0 Å². The number of fused-ring (bicyclic) bond motifs is 2. The van der Waals surface area contributed by atoms with Crippen molar-refractivity contribution in [3.05, 3.63) is 82.5 Å². The number of hydroxylamine groups is 2. The summed E-state index contributed by atoms with van der Waals surface area (Å²) in [6.07, 6.45) is -0.454. The fourth-order valence-corrected chi connectivity index (χ4v) is 5.52. The third-order valence-corrected chi connectivity index (χ3v) is 8.16. The van der Waals surface area contributed by atoms with Gasteiger partial charge in [0.05, 0.1) is 36.0 Å². The van der Waals surface area contributed by atoms with Gasteiger partial charge in [0, 0.05) is 17.9 Å². The molecule has 0 radical (unpaired) electrons. The highest BCUT2D eigenvalue weighted by Gasteiger charge is 2.59. The van der Waals surface area contributed by atoms with Gasteiger partial charge in [-0.05, 0) is 43.0 Å². The van der Waals surface area contributed by atoms with E-state index in [1.165, 1.54) is 48.7 Å². The number of aliphatic hydroxyl groups excluding tert-OH is 2. The van der Waals surface area contributed by atoms with Crippen molar-refractivity contribution in [1.29, 1.82) is 0 Å². The van der Waals surface area contributed by atoms with Gasteiger partial charge in [-0.15, -0.1) is 0 Å². The summed E-state index contributed by atoms with van der Waals surface area (Å²) >= 11 is 0. The molecule has 3 aliphatic heterocycles. The Kier molecular flexibility index (Phi) is 9.02. The van der Waals surface area contributed by atoms with E-state index in [-0.39, 0.29) is 40.0 Å². The molecule has 0 spiro atoms. The maximum Gasteiger partial charge on any atom is 0.334 e. The molecular weight excluding hydrogens is 634 g/mol. The number of aliphatic hydroxyl groups is 3. The second kappa shape index (κ2) is 13.2. The zero-order valence-corrected chi connectivity index (χ0v) is 25.3. The van der Waals surface area contributed by atoms with Crippen molar-refractivity contribution >= 4 is 29.1 Å². The summed E-state index contributed by atoms with van der Waals surface area (Å²) < 4.78 is 22.9. The summed E-state index contributed by atoms with van der Waals surface area (Å²) in [6.45, 7) is -1.58. The van der Waals surface area contributed by atoms with Crippen molar-refractivity contribution < 1.29 is 58.6 Å². The van der Waals surface area contributed by atoms with Crippen LogP contribution in [-0.2, 0) is 23.9 Å². The molecule has 3 aromatic rings. The number of phenolic OH excluding ortho intramolecular Hbond substituents is 1. The van der Waals surface area contributed by atoms with Gasteiger partial charge < -0.3 is 44.2 Å². The van der Waals surface area contributed by atoms with Crippen LogP contribution in [0.1, 0.15) is 0 Å². The van der Waals surface area contributed by atoms with Crippen LogP contribution < -0.4 is 15.5 Å². The van der Waals surface area contributed by atoms with Crippen molar-refractivity contribution in [2.45, 2.75) is 36.2 Å². The van der Waals surface area contributed by atoms with Crippen molar-refractivity contribution in [2.24, 2.45) is 4.99 Å². The first-order chi connectivity index (χ1) is 23.0. The van der Waals surface area contributed by atoms with E-state index in [0.29, 0.717) is 11.3 Å². The number of hydrogen-bond donors (Lipinski definition) is 6. The average molecular weight is 666 g/mol. The van der Waals surface area contributed by atoms with Crippen molar-refractivity contribution in [3.8, 4) is 22.6 Å². The van der Waals surface area contributed by atoms with Gasteiger partial charge in [0.2, 0.25) is 12.3 Å². The number of nitrogens with zero attached hydrogens (tertiary/aromatic N) is 2. The molecule has 0 amide bonds. The number of nitrogens with one attached hydrogen (secondary N) is 1. The normalized spacial score (nSPS) is 25.4. The molecule has 1 fully saturated rings. The van der Waals surface area contributed by atoms with Crippen LogP contribution in [0.15, 0.2) is 86.5 Å². The van der Waals surface area contributed by atoms with E-state index in [1.54, 1.807) is 30.6 Å². The minimum Gasteiger partial charge on any atom is -0.508 e. The van der Waals surface area contributed by atoms with Crippen LogP contribution in [0.4, 0.5) is 0 Å². The number of esters is 1. The maximum atomic E-state index is 13.3. The van der Waals surface area contributed by atoms with E-state index in [4.69, 9.17) is 23.5 Å². The van der Waals surface area contributed by atoms with Crippen LogP contribution in [0.25, 0.3) is 22.1 Å². The van der Waals surface area contributed by atoms with Crippen LogP contribution in [-0.4, -0.2) is 112 Å². The first kappa shape index (κ1) is 32.8. The predicted molar refractivity (Wildman–Crippen MR) is 165 cm³/mol. The molecule has 16 heteroatoms. The lowest BCUT2D eigenvalue weighted by Gasteiger charge is -2.48. The second-order valence-corrected chi connectivity index (χ2v) is 11.2. The monoisotopic (exact) mass is 665 g/mol. The van der Waals surface area contributed by atoms with E-state index < -0.39 is 61.4 Å². The first-order valence-electron chi connectivity index (χ1n) is 14.7. The predicted octanol–water partition coefficient (Wildman–Crippen LogP) is 0.0374. The summed E-state index contributed by atoms with van der Waals surface area (Å²) in [6, 6.07) is 8.59. The number of ether oxygens (including phenoxy) is 3. The molecule has 4 heterocycles. The zero-order chi connectivity index (χ0) is 34.2. The molecule has 3 aliphatic rings. The Labute approximate surface area is 271 Å². The Bertz CT molecular complexity index is 1870. The highest BCUT2D eigenvalue weighted by molar-refractivity contribution is 5.98. The van der Waals surface area contributed by atoms with Crippen molar-refractivity contribution in [1.82, 2.24) is 10.4 Å². The molecule has 0 unspecified atom stereocenters. The lowest BCUT2D eigenvalue weighted by atomic mass is 9.84. The van der Waals surface area contributed by atoms with Crippen LogP contribution in [0.5, 0.6) is 11.5 Å². The number of allylic oxidation sites excluding steroid dienone is 1. The van der Waals surface area contributed by atoms with Gasteiger partial charge >= 0.3 is 11.9 Å². The number of carboxylic acids is 1. The van der Waals surface area contributed by atoms with Crippen LogP contribution in [0.2, 0.25) is 0 Å². The van der Waals surface area contributed by atoms with Gasteiger partial charge in [-0.2, -0.15) is 0 Å². The largest absolute Gasteiger partial charge is 0.508 e. The minimum atomic E-state index is -2.47. The van der Waals surface area contributed by atoms with Crippen LogP contribution in [0, 0.1) is 0 Å². The molecule has 48 heavy (non-hydrogen) atoms. The molecule has 16 nitrogen and oxygen atoms in total. The molecule has 0 aliphatic carbocycles. The van der Waals surface area contributed by atoms with Crippen LogP contribution in [0.3, 0.4) is 0 Å². The van der Waals surface area contributed by atoms with E-state index in [2.05, 4.69) is 10.3 Å². The van der Waals surface area contributed by atoms with E-state index in [1.807, 2.05) is 0 Å². The number of carbonyl (C=O) groups is 2. The standard InChI is InChI=1S/C32H31N3O13/c1-33-25(29(40)41)30(42)45-14-24-27(39)32(43,15-36)28(48-35-11-17-8-9-34-22(17)12-35)31(47-24)46-19-6-7-20-23(10-19)44-13-21(26(20)38)16-2-4-18(37)5-3-16/h2-10,12-13,24-25,27-28,31,33,36-37,39,43H,11,14-15H2,1H3,(H,40,41)/t24-,25+,27-,28+,31-,32+/m0/s1. The Morgan fingerprint density at radius 2 is 1.98 bits per heavy atom. The summed E-state index contributed by atoms with van der Waals surface area (Å²) in [5.41, 5.74) is -0.483. The van der Waals surface area contributed by atoms with Gasteiger partial charge in [-0.3, -0.25) is 25.0 Å². The highest BCUT2D eigenvalue weighted by atomic mass is 16.8. The smallest absolute Gasteiger partial charge is 0.334 e. The molecule has 1 aromatic heterocycles. The van der Waals surface area contributed by atoms with E-state index in [9.17, 15) is 39.9 Å².